The zero-order valence-corrected chi connectivity index (χ0v) is 11.9. The van der Waals surface area contributed by atoms with Gasteiger partial charge in [0.05, 0.1) is 5.52 Å². The van der Waals surface area contributed by atoms with Crippen molar-refractivity contribution in [1.82, 2.24) is 9.47 Å². The molecular weight excluding hydrogens is 255 g/mol. The summed E-state index contributed by atoms with van der Waals surface area (Å²) in [6.07, 6.45) is 2.12. The van der Waals surface area contributed by atoms with E-state index in [-0.39, 0.29) is 11.7 Å². The van der Waals surface area contributed by atoms with Crippen LogP contribution >= 0.6 is 0 Å². The van der Waals surface area contributed by atoms with Gasteiger partial charge in [0, 0.05) is 25.5 Å². The van der Waals surface area contributed by atoms with Gasteiger partial charge in [-0.25, -0.2) is 4.39 Å². The van der Waals surface area contributed by atoms with Crippen molar-refractivity contribution < 1.29 is 9.18 Å². The first-order valence-corrected chi connectivity index (χ1v) is 7.10. The van der Waals surface area contributed by atoms with Gasteiger partial charge in [-0.3, -0.25) is 4.79 Å². The Morgan fingerprint density at radius 3 is 2.65 bits per heavy atom. The quantitative estimate of drug-likeness (QED) is 0.784. The molecule has 2 heterocycles. The zero-order valence-electron chi connectivity index (χ0n) is 11.9. The summed E-state index contributed by atoms with van der Waals surface area (Å²) in [6.45, 7) is 3.85. The molecule has 0 spiro atoms. The second-order valence-electron chi connectivity index (χ2n) is 5.77. The van der Waals surface area contributed by atoms with Crippen molar-refractivity contribution in [1.29, 1.82) is 0 Å². The summed E-state index contributed by atoms with van der Waals surface area (Å²) in [6, 6.07) is 6.48. The lowest BCUT2D eigenvalue weighted by Crippen LogP contribution is -2.38. The number of piperidine rings is 1. The lowest BCUT2D eigenvalue weighted by molar-refractivity contribution is 0.0688. The maximum Gasteiger partial charge on any atom is 0.270 e. The second kappa shape index (κ2) is 4.93. The molecule has 4 heteroatoms. The molecule has 20 heavy (non-hydrogen) atoms. The Labute approximate surface area is 118 Å². The SMILES string of the molecule is CC1CCN(C(=O)c2cc3ccc(F)cc3n2C)CC1. The second-order valence-corrected chi connectivity index (χ2v) is 5.77. The van der Waals surface area contributed by atoms with Crippen LogP contribution in [0.2, 0.25) is 0 Å². The van der Waals surface area contributed by atoms with Crippen LogP contribution < -0.4 is 0 Å². The Morgan fingerprint density at radius 1 is 1.25 bits per heavy atom. The summed E-state index contributed by atoms with van der Waals surface area (Å²) < 4.78 is 15.1. The molecule has 0 unspecified atom stereocenters. The molecule has 0 atom stereocenters. The Hall–Kier alpha value is -1.84. The lowest BCUT2D eigenvalue weighted by atomic mass is 9.99. The highest BCUT2D eigenvalue weighted by Crippen LogP contribution is 2.23. The number of rotatable bonds is 1. The predicted octanol–water partition coefficient (Wildman–Crippen LogP) is 3.19. The van der Waals surface area contributed by atoms with Crippen molar-refractivity contribution in [3.63, 3.8) is 0 Å². The average molecular weight is 274 g/mol. The van der Waals surface area contributed by atoms with Gasteiger partial charge in [-0.05, 0) is 43.0 Å². The van der Waals surface area contributed by atoms with Crippen molar-refractivity contribution in [2.24, 2.45) is 13.0 Å². The van der Waals surface area contributed by atoms with Crippen LogP contribution in [0.15, 0.2) is 24.3 Å². The third-order valence-electron chi connectivity index (χ3n) is 4.30. The number of hydrogen-bond donors (Lipinski definition) is 0. The molecule has 0 bridgehead atoms. The van der Waals surface area contributed by atoms with Crippen LogP contribution in [-0.2, 0) is 7.05 Å². The third kappa shape index (κ3) is 2.19. The number of aryl methyl sites for hydroxylation is 1. The van der Waals surface area contributed by atoms with Crippen LogP contribution in [0.4, 0.5) is 4.39 Å². The molecule has 1 saturated heterocycles. The highest BCUT2D eigenvalue weighted by Gasteiger charge is 2.23. The maximum atomic E-state index is 13.3. The van der Waals surface area contributed by atoms with Crippen LogP contribution in [0, 0.1) is 11.7 Å². The smallest absolute Gasteiger partial charge is 0.270 e. The molecule has 106 valence electrons. The van der Waals surface area contributed by atoms with Crippen molar-refractivity contribution in [3.05, 3.63) is 35.8 Å². The van der Waals surface area contributed by atoms with Crippen LogP contribution in [-0.4, -0.2) is 28.5 Å². The number of halogens is 1. The summed E-state index contributed by atoms with van der Waals surface area (Å²) in [7, 11) is 1.82. The van der Waals surface area contributed by atoms with E-state index in [1.807, 2.05) is 18.0 Å². The van der Waals surface area contributed by atoms with E-state index in [4.69, 9.17) is 0 Å². The molecule has 1 aliphatic heterocycles. The van der Waals surface area contributed by atoms with Gasteiger partial charge in [-0.1, -0.05) is 6.92 Å². The molecule has 1 aromatic heterocycles. The van der Waals surface area contributed by atoms with Gasteiger partial charge < -0.3 is 9.47 Å². The molecule has 3 nitrogen and oxygen atoms in total. The Kier molecular flexibility index (Phi) is 3.24. The van der Waals surface area contributed by atoms with Crippen molar-refractivity contribution >= 4 is 16.8 Å². The number of amides is 1. The Morgan fingerprint density at radius 2 is 1.95 bits per heavy atom. The van der Waals surface area contributed by atoms with Gasteiger partial charge in [-0.2, -0.15) is 0 Å². The maximum absolute atomic E-state index is 13.3. The van der Waals surface area contributed by atoms with Gasteiger partial charge in [0.15, 0.2) is 0 Å². The summed E-state index contributed by atoms with van der Waals surface area (Å²) in [5.41, 5.74) is 1.40. The number of carbonyl (C=O) groups is 1. The number of nitrogens with zero attached hydrogens (tertiary/aromatic N) is 2. The highest BCUT2D eigenvalue weighted by atomic mass is 19.1. The summed E-state index contributed by atoms with van der Waals surface area (Å²) >= 11 is 0. The van der Waals surface area contributed by atoms with E-state index in [1.165, 1.54) is 12.1 Å². The minimum atomic E-state index is -0.274. The first kappa shape index (κ1) is 13.2. The minimum absolute atomic E-state index is 0.0519. The average Bonchev–Trinajstić information content (AvgIpc) is 2.76. The minimum Gasteiger partial charge on any atom is -0.340 e. The molecule has 3 rings (SSSR count). The number of fused-ring (bicyclic) bond motifs is 1. The normalized spacial score (nSPS) is 16.9. The van der Waals surface area contributed by atoms with E-state index in [0.29, 0.717) is 11.6 Å². The van der Waals surface area contributed by atoms with E-state index >= 15 is 0 Å². The zero-order chi connectivity index (χ0) is 14.3. The van der Waals surface area contributed by atoms with E-state index in [9.17, 15) is 9.18 Å². The number of likely N-dealkylation sites (tertiary alicyclic amines) is 1. The lowest BCUT2D eigenvalue weighted by Gasteiger charge is -2.30. The standard InChI is InChI=1S/C16H19FN2O/c1-11-5-7-19(8-6-11)16(20)15-9-12-3-4-13(17)10-14(12)18(15)2/h3-4,9-11H,5-8H2,1-2H3. The van der Waals surface area contributed by atoms with Gasteiger partial charge in [0.1, 0.15) is 11.5 Å². The predicted molar refractivity (Wildman–Crippen MR) is 77.2 cm³/mol. The first-order valence-electron chi connectivity index (χ1n) is 7.10. The summed E-state index contributed by atoms with van der Waals surface area (Å²) in [5.74, 6) is 0.473. The molecular formula is C16H19FN2O. The first-order chi connectivity index (χ1) is 9.56. The van der Waals surface area contributed by atoms with E-state index in [2.05, 4.69) is 6.92 Å². The summed E-state index contributed by atoms with van der Waals surface area (Å²) in [4.78, 5) is 14.5. The molecule has 0 aliphatic carbocycles. The molecule has 0 radical (unpaired) electrons. The molecule has 1 amide bonds. The number of benzene rings is 1. The number of hydrogen-bond acceptors (Lipinski definition) is 1. The van der Waals surface area contributed by atoms with E-state index in [0.717, 1.165) is 36.8 Å². The molecule has 0 N–H and O–H groups in total. The fraction of sp³-hybridized carbons (Fsp3) is 0.438. The van der Waals surface area contributed by atoms with Gasteiger partial charge in [-0.15, -0.1) is 0 Å². The highest BCUT2D eigenvalue weighted by molar-refractivity contribution is 5.98. The van der Waals surface area contributed by atoms with E-state index in [1.54, 1.807) is 10.6 Å². The van der Waals surface area contributed by atoms with Crippen molar-refractivity contribution in [3.8, 4) is 0 Å². The van der Waals surface area contributed by atoms with Crippen LogP contribution in [0.5, 0.6) is 0 Å². The number of carbonyl (C=O) groups excluding carboxylic acids is 1. The molecule has 1 aromatic carbocycles. The fourth-order valence-corrected chi connectivity index (χ4v) is 2.88. The van der Waals surface area contributed by atoms with Crippen LogP contribution in [0.1, 0.15) is 30.3 Å². The van der Waals surface area contributed by atoms with Crippen molar-refractivity contribution in [2.75, 3.05) is 13.1 Å². The number of aromatic nitrogens is 1. The van der Waals surface area contributed by atoms with Gasteiger partial charge >= 0.3 is 0 Å². The summed E-state index contributed by atoms with van der Waals surface area (Å²) in [5, 5.41) is 0.905. The molecule has 0 saturated carbocycles. The van der Waals surface area contributed by atoms with Crippen molar-refractivity contribution in [2.45, 2.75) is 19.8 Å². The Balaban J connectivity index is 1.93. The fourth-order valence-electron chi connectivity index (χ4n) is 2.88. The molecule has 1 aliphatic rings. The van der Waals surface area contributed by atoms with Gasteiger partial charge in [0.2, 0.25) is 0 Å². The third-order valence-corrected chi connectivity index (χ3v) is 4.30. The molecule has 2 aromatic rings. The van der Waals surface area contributed by atoms with Crippen LogP contribution in [0.3, 0.4) is 0 Å². The molecule has 1 fully saturated rings. The van der Waals surface area contributed by atoms with Crippen LogP contribution in [0.25, 0.3) is 10.9 Å². The van der Waals surface area contributed by atoms with E-state index < -0.39 is 0 Å². The Bertz CT molecular complexity index is 654. The monoisotopic (exact) mass is 274 g/mol. The largest absolute Gasteiger partial charge is 0.340 e. The van der Waals surface area contributed by atoms with Gasteiger partial charge in [0.25, 0.3) is 5.91 Å². The topological polar surface area (TPSA) is 25.2 Å².